The summed E-state index contributed by atoms with van der Waals surface area (Å²) in [5, 5.41) is 3.64. The van der Waals surface area contributed by atoms with Crippen molar-refractivity contribution in [1.82, 2.24) is 5.32 Å². The molecule has 1 N–H and O–H groups in total. The molecule has 3 heteroatoms. The average Bonchev–Trinajstić information content (AvgIpc) is 2.36. The second kappa shape index (κ2) is 8.89. The second-order valence-corrected chi connectivity index (χ2v) is 5.94. The summed E-state index contributed by atoms with van der Waals surface area (Å²) in [7, 11) is 0. The van der Waals surface area contributed by atoms with Crippen LogP contribution in [0.4, 0.5) is 0 Å². The molecule has 0 atom stereocenters. The van der Waals surface area contributed by atoms with Crippen molar-refractivity contribution in [3.05, 3.63) is 0 Å². The summed E-state index contributed by atoms with van der Waals surface area (Å²) in [5.74, 6) is 0.727. The molecule has 108 valence electrons. The molecule has 1 rings (SSSR count). The molecule has 1 fully saturated rings. The highest BCUT2D eigenvalue weighted by molar-refractivity contribution is 4.84. The lowest BCUT2D eigenvalue weighted by molar-refractivity contribution is 0.00491. The van der Waals surface area contributed by atoms with E-state index in [0.29, 0.717) is 5.41 Å². The van der Waals surface area contributed by atoms with Gasteiger partial charge in [0.1, 0.15) is 0 Å². The van der Waals surface area contributed by atoms with E-state index in [2.05, 4.69) is 26.1 Å². The molecule has 0 radical (unpaired) electrons. The number of nitrogens with one attached hydrogen (secondary N) is 1. The van der Waals surface area contributed by atoms with Gasteiger partial charge in [0.2, 0.25) is 0 Å². The van der Waals surface area contributed by atoms with E-state index < -0.39 is 0 Å². The van der Waals surface area contributed by atoms with Crippen molar-refractivity contribution in [2.45, 2.75) is 46.5 Å². The topological polar surface area (TPSA) is 30.5 Å². The van der Waals surface area contributed by atoms with Gasteiger partial charge in [-0.05, 0) is 50.5 Å². The zero-order chi connectivity index (χ0) is 13.3. The third-order valence-electron chi connectivity index (χ3n) is 3.81. The van der Waals surface area contributed by atoms with Gasteiger partial charge in [-0.3, -0.25) is 0 Å². The van der Waals surface area contributed by atoms with Crippen LogP contribution >= 0.6 is 0 Å². The smallest absolute Gasteiger partial charge is 0.0471 e. The van der Waals surface area contributed by atoms with Gasteiger partial charge in [-0.25, -0.2) is 0 Å². The molecular weight excluding hydrogens is 226 g/mol. The van der Waals surface area contributed by atoms with Crippen LogP contribution in [-0.2, 0) is 9.47 Å². The summed E-state index contributed by atoms with van der Waals surface area (Å²) in [6, 6.07) is 0. The van der Waals surface area contributed by atoms with E-state index in [1.54, 1.807) is 0 Å². The monoisotopic (exact) mass is 257 g/mol. The van der Waals surface area contributed by atoms with Crippen LogP contribution in [0.3, 0.4) is 0 Å². The lowest BCUT2D eigenvalue weighted by Gasteiger charge is -2.38. The molecule has 0 aromatic heterocycles. The third kappa shape index (κ3) is 6.17. The van der Waals surface area contributed by atoms with E-state index in [1.165, 1.54) is 25.7 Å². The molecule has 0 aliphatic carbocycles. The van der Waals surface area contributed by atoms with E-state index in [-0.39, 0.29) is 0 Å². The van der Waals surface area contributed by atoms with Crippen molar-refractivity contribution < 1.29 is 9.47 Å². The fourth-order valence-electron chi connectivity index (χ4n) is 2.64. The third-order valence-corrected chi connectivity index (χ3v) is 3.81. The normalized spacial score (nSPS) is 19.3. The molecule has 1 aliphatic heterocycles. The minimum Gasteiger partial charge on any atom is -0.382 e. The summed E-state index contributed by atoms with van der Waals surface area (Å²) in [5.41, 5.74) is 0.449. The van der Waals surface area contributed by atoms with Gasteiger partial charge in [-0.2, -0.15) is 0 Å². The number of hydrogen-bond donors (Lipinski definition) is 1. The molecule has 0 amide bonds. The highest BCUT2D eigenvalue weighted by atomic mass is 16.5. The molecule has 3 nitrogen and oxygen atoms in total. The van der Waals surface area contributed by atoms with Crippen molar-refractivity contribution in [3.8, 4) is 0 Å². The van der Waals surface area contributed by atoms with Crippen LogP contribution in [-0.4, -0.2) is 39.5 Å². The SMILES string of the molecule is CCOCCCC1(CNCC(C)C)CCOCC1. The molecular formula is C15H31NO2. The highest BCUT2D eigenvalue weighted by Gasteiger charge is 2.31. The summed E-state index contributed by atoms with van der Waals surface area (Å²) >= 11 is 0. The zero-order valence-electron chi connectivity index (χ0n) is 12.5. The Morgan fingerprint density at radius 2 is 2.00 bits per heavy atom. The predicted molar refractivity (Wildman–Crippen MR) is 75.9 cm³/mol. The van der Waals surface area contributed by atoms with Crippen LogP contribution in [0.1, 0.15) is 46.5 Å². The minimum atomic E-state index is 0.449. The Morgan fingerprint density at radius 1 is 1.28 bits per heavy atom. The fraction of sp³-hybridized carbons (Fsp3) is 1.00. The maximum absolute atomic E-state index is 5.52. The molecule has 1 aliphatic rings. The van der Waals surface area contributed by atoms with Gasteiger partial charge in [-0.15, -0.1) is 0 Å². The molecule has 0 aromatic rings. The Balaban J connectivity index is 2.32. The fourth-order valence-corrected chi connectivity index (χ4v) is 2.64. The Hall–Kier alpha value is -0.120. The average molecular weight is 257 g/mol. The lowest BCUT2D eigenvalue weighted by Crippen LogP contribution is -2.40. The Kier molecular flexibility index (Phi) is 7.87. The van der Waals surface area contributed by atoms with Gasteiger partial charge in [0.05, 0.1) is 0 Å². The van der Waals surface area contributed by atoms with Crippen molar-refractivity contribution in [1.29, 1.82) is 0 Å². The standard InChI is InChI=1S/C15H31NO2/c1-4-17-9-5-6-15(7-10-18-11-8-15)13-16-12-14(2)3/h14,16H,4-13H2,1-3H3. The predicted octanol–water partition coefficient (Wildman–Crippen LogP) is 2.85. The molecule has 1 saturated heterocycles. The Bertz CT molecular complexity index is 201. The summed E-state index contributed by atoms with van der Waals surface area (Å²) in [6.07, 6.45) is 4.84. The van der Waals surface area contributed by atoms with E-state index >= 15 is 0 Å². The van der Waals surface area contributed by atoms with E-state index in [1.807, 2.05) is 0 Å². The van der Waals surface area contributed by atoms with Crippen molar-refractivity contribution >= 4 is 0 Å². The van der Waals surface area contributed by atoms with Gasteiger partial charge in [0.25, 0.3) is 0 Å². The number of ether oxygens (including phenoxy) is 2. The van der Waals surface area contributed by atoms with Crippen LogP contribution in [0, 0.1) is 11.3 Å². The van der Waals surface area contributed by atoms with Gasteiger partial charge in [0.15, 0.2) is 0 Å². The Morgan fingerprint density at radius 3 is 2.61 bits per heavy atom. The first kappa shape index (κ1) is 15.9. The van der Waals surface area contributed by atoms with E-state index in [4.69, 9.17) is 9.47 Å². The minimum absolute atomic E-state index is 0.449. The molecule has 0 spiro atoms. The van der Waals surface area contributed by atoms with Gasteiger partial charge in [-0.1, -0.05) is 13.8 Å². The molecule has 18 heavy (non-hydrogen) atoms. The van der Waals surface area contributed by atoms with Crippen LogP contribution in [0.25, 0.3) is 0 Å². The molecule has 0 unspecified atom stereocenters. The van der Waals surface area contributed by atoms with Crippen molar-refractivity contribution in [3.63, 3.8) is 0 Å². The van der Waals surface area contributed by atoms with Crippen LogP contribution in [0.15, 0.2) is 0 Å². The maximum Gasteiger partial charge on any atom is 0.0471 e. The molecule has 0 saturated carbocycles. The maximum atomic E-state index is 5.52. The van der Waals surface area contributed by atoms with Crippen molar-refractivity contribution in [2.24, 2.45) is 11.3 Å². The quantitative estimate of drug-likeness (QED) is 0.644. The summed E-state index contributed by atoms with van der Waals surface area (Å²) in [6.45, 7) is 12.4. The summed E-state index contributed by atoms with van der Waals surface area (Å²) in [4.78, 5) is 0. The van der Waals surface area contributed by atoms with Gasteiger partial charge < -0.3 is 14.8 Å². The van der Waals surface area contributed by atoms with E-state index in [9.17, 15) is 0 Å². The molecule has 1 heterocycles. The van der Waals surface area contributed by atoms with Crippen LogP contribution in [0.2, 0.25) is 0 Å². The number of hydrogen-bond acceptors (Lipinski definition) is 3. The second-order valence-electron chi connectivity index (χ2n) is 5.94. The highest BCUT2D eigenvalue weighted by Crippen LogP contribution is 2.34. The first-order valence-corrected chi connectivity index (χ1v) is 7.55. The van der Waals surface area contributed by atoms with E-state index in [0.717, 1.165) is 45.4 Å². The first-order chi connectivity index (χ1) is 8.68. The molecule has 0 aromatic carbocycles. The zero-order valence-corrected chi connectivity index (χ0v) is 12.5. The van der Waals surface area contributed by atoms with Crippen molar-refractivity contribution in [2.75, 3.05) is 39.5 Å². The molecule has 0 bridgehead atoms. The first-order valence-electron chi connectivity index (χ1n) is 7.55. The lowest BCUT2D eigenvalue weighted by atomic mass is 9.76. The van der Waals surface area contributed by atoms with Gasteiger partial charge >= 0.3 is 0 Å². The summed E-state index contributed by atoms with van der Waals surface area (Å²) < 4.78 is 11.0. The van der Waals surface area contributed by atoms with Crippen LogP contribution in [0.5, 0.6) is 0 Å². The van der Waals surface area contributed by atoms with Crippen LogP contribution < -0.4 is 5.32 Å². The van der Waals surface area contributed by atoms with Gasteiger partial charge in [0, 0.05) is 33.0 Å². The Labute approximate surface area is 113 Å². The largest absolute Gasteiger partial charge is 0.382 e. The number of rotatable bonds is 9.